The zero-order valence-electron chi connectivity index (χ0n) is 9.66. The maximum Gasteiger partial charge on any atom is 0.299 e. The second kappa shape index (κ2) is 5.28. The van der Waals surface area contributed by atoms with Crippen molar-refractivity contribution in [2.75, 3.05) is 5.75 Å². The van der Waals surface area contributed by atoms with E-state index in [2.05, 4.69) is 5.32 Å². The molecule has 1 aliphatic rings. The van der Waals surface area contributed by atoms with Crippen molar-refractivity contribution in [1.82, 2.24) is 5.32 Å². The van der Waals surface area contributed by atoms with Crippen LogP contribution in [0.4, 0.5) is 0 Å². The predicted octanol–water partition coefficient (Wildman–Crippen LogP) is 1.21. The van der Waals surface area contributed by atoms with Gasteiger partial charge in [0.05, 0.1) is 11.0 Å². The first kappa shape index (κ1) is 13.4. The van der Waals surface area contributed by atoms with E-state index in [9.17, 15) is 8.42 Å². The van der Waals surface area contributed by atoms with E-state index < -0.39 is 15.7 Å². The quantitative estimate of drug-likeness (QED) is 0.841. The second-order valence-corrected chi connectivity index (χ2v) is 6.54. The van der Waals surface area contributed by atoms with Crippen LogP contribution >= 0.6 is 11.8 Å². The van der Waals surface area contributed by atoms with Gasteiger partial charge in [-0.3, -0.25) is 5.32 Å². The first-order valence-corrected chi connectivity index (χ1v) is 7.74. The summed E-state index contributed by atoms with van der Waals surface area (Å²) in [4.78, 5) is 0.121. The van der Waals surface area contributed by atoms with Gasteiger partial charge in [-0.25, -0.2) is 4.18 Å². The summed E-state index contributed by atoms with van der Waals surface area (Å²) >= 11 is 1.26. The third kappa shape index (κ3) is 3.03. The van der Waals surface area contributed by atoms with E-state index in [0.717, 1.165) is 5.56 Å². The fourth-order valence-electron chi connectivity index (χ4n) is 1.45. The number of hydrogen-bond donors (Lipinski definition) is 1. The zero-order chi connectivity index (χ0) is 13.2. The molecule has 0 aromatic heterocycles. The molecule has 7 heteroatoms. The van der Waals surface area contributed by atoms with Gasteiger partial charge in [-0.05, 0) is 19.1 Å². The van der Waals surface area contributed by atoms with Gasteiger partial charge in [0.2, 0.25) is 0 Å². The second-order valence-electron chi connectivity index (χ2n) is 3.88. The minimum atomic E-state index is -3.78. The molecule has 1 saturated heterocycles. The van der Waals surface area contributed by atoms with E-state index in [1.807, 2.05) is 13.0 Å². The van der Waals surface area contributed by atoms with Crippen molar-refractivity contribution in [2.45, 2.75) is 23.4 Å². The molecular weight excluding hydrogens is 272 g/mol. The topological polar surface area (TPSA) is 79.2 Å². The molecule has 96 valence electrons. The Kier molecular flexibility index (Phi) is 3.92. The summed E-state index contributed by atoms with van der Waals surface area (Å²) in [6.07, 6.45) is 0. The smallest absolute Gasteiger partial charge is 0.266 e. The van der Waals surface area contributed by atoms with Crippen molar-refractivity contribution in [3.63, 3.8) is 0 Å². The minimum Gasteiger partial charge on any atom is -0.266 e. The van der Waals surface area contributed by atoms with Gasteiger partial charge >= 0.3 is 0 Å². The Bertz CT molecular complexity index is 563. The van der Waals surface area contributed by atoms with Gasteiger partial charge in [0.1, 0.15) is 6.04 Å². The summed E-state index contributed by atoms with van der Waals surface area (Å²) < 4.78 is 28.9. The number of nitrogens with one attached hydrogen (secondary N) is 1. The highest BCUT2D eigenvalue weighted by molar-refractivity contribution is 8.00. The van der Waals surface area contributed by atoms with Crippen molar-refractivity contribution >= 4 is 21.9 Å². The summed E-state index contributed by atoms with van der Waals surface area (Å²) in [5.41, 5.74) is 0.285. The molecule has 1 unspecified atom stereocenters. The Hall–Kier alpha value is -1.07. The summed E-state index contributed by atoms with van der Waals surface area (Å²) in [6.45, 7) is 1.88. The summed E-state index contributed by atoms with van der Waals surface area (Å²) in [6, 6.07) is 8.09. The van der Waals surface area contributed by atoms with Crippen molar-refractivity contribution in [1.29, 1.82) is 5.26 Å². The Balaban J connectivity index is 2.09. The lowest BCUT2D eigenvalue weighted by molar-refractivity contribution is 0.259. The van der Waals surface area contributed by atoms with Crippen LogP contribution in [0.3, 0.4) is 0 Å². The van der Waals surface area contributed by atoms with Crippen molar-refractivity contribution in [3.8, 4) is 6.07 Å². The third-order valence-corrected chi connectivity index (χ3v) is 4.91. The van der Waals surface area contributed by atoms with Gasteiger partial charge in [0, 0.05) is 5.75 Å². The maximum absolute atomic E-state index is 11.9. The van der Waals surface area contributed by atoms with Gasteiger partial charge in [-0.2, -0.15) is 13.7 Å². The lowest BCUT2D eigenvalue weighted by Crippen LogP contribution is -2.31. The fourth-order valence-corrected chi connectivity index (χ4v) is 3.65. The number of thioether (sulfide) groups is 1. The van der Waals surface area contributed by atoms with Crippen LogP contribution in [0.15, 0.2) is 29.2 Å². The fraction of sp³-hybridized carbons (Fsp3) is 0.364. The van der Waals surface area contributed by atoms with Gasteiger partial charge in [0.15, 0.2) is 5.56 Å². The molecule has 2 rings (SSSR count). The Morgan fingerprint density at radius 1 is 1.44 bits per heavy atom. The number of nitriles is 1. The van der Waals surface area contributed by atoms with E-state index in [1.54, 1.807) is 12.1 Å². The number of hydrogen-bond acceptors (Lipinski definition) is 6. The molecule has 18 heavy (non-hydrogen) atoms. The van der Waals surface area contributed by atoms with Crippen LogP contribution in [0.2, 0.25) is 0 Å². The van der Waals surface area contributed by atoms with Crippen molar-refractivity contribution < 1.29 is 12.6 Å². The molecule has 2 atom stereocenters. The van der Waals surface area contributed by atoms with E-state index in [-0.39, 0.29) is 10.9 Å². The van der Waals surface area contributed by atoms with Crippen molar-refractivity contribution in [3.05, 3.63) is 29.8 Å². The van der Waals surface area contributed by atoms with Crippen LogP contribution in [0.5, 0.6) is 0 Å². The SMILES string of the molecule is Cc1ccc(S(=O)(=O)OC2N[C@@H](C#N)CS2)cc1. The normalized spacial score (nSPS) is 23.8. The molecule has 0 bridgehead atoms. The molecule has 1 heterocycles. The highest BCUT2D eigenvalue weighted by atomic mass is 32.2. The lowest BCUT2D eigenvalue weighted by Gasteiger charge is -2.11. The molecule has 1 aromatic rings. The molecule has 1 fully saturated rings. The summed E-state index contributed by atoms with van der Waals surface area (Å²) in [5.74, 6) is 0.518. The average molecular weight is 284 g/mol. The Morgan fingerprint density at radius 2 is 2.11 bits per heavy atom. The molecule has 0 spiro atoms. The number of rotatable bonds is 3. The number of nitrogens with zero attached hydrogens (tertiary/aromatic N) is 1. The maximum atomic E-state index is 11.9. The van der Waals surface area contributed by atoms with Crippen LogP contribution in [0, 0.1) is 18.3 Å². The first-order chi connectivity index (χ1) is 8.51. The monoisotopic (exact) mass is 284 g/mol. The lowest BCUT2D eigenvalue weighted by atomic mass is 10.2. The van der Waals surface area contributed by atoms with Gasteiger partial charge in [-0.1, -0.05) is 17.7 Å². The van der Waals surface area contributed by atoms with E-state index in [1.165, 1.54) is 23.9 Å². The van der Waals surface area contributed by atoms with Crippen LogP contribution in [-0.2, 0) is 14.3 Å². The van der Waals surface area contributed by atoms with Crippen LogP contribution < -0.4 is 5.32 Å². The standard InChI is InChI=1S/C11H12N2O3S2/c1-8-2-4-10(5-3-8)18(14,15)16-11-13-9(6-12)7-17-11/h2-5,9,11,13H,7H2,1H3/t9-,11?/m0/s1. The molecule has 1 N–H and O–H groups in total. The van der Waals surface area contributed by atoms with Gasteiger partial charge in [-0.15, -0.1) is 11.8 Å². The van der Waals surface area contributed by atoms with E-state index in [4.69, 9.17) is 9.44 Å². The molecule has 1 aliphatic heterocycles. The Morgan fingerprint density at radius 3 is 2.67 bits per heavy atom. The highest BCUT2D eigenvalue weighted by Crippen LogP contribution is 2.24. The number of aryl methyl sites for hydroxylation is 1. The first-order valence-electron chi connectivity index (χ1n) is 5.28. The van der Waals surface area contributed by atoms with E-state index in [0.29, 0.717) is 5.75 Å². The number of benzene rings is 1. The van der Waals surface area contributed by atoms with Crippen LogP contribution in [-0.4, -0.2) is 25.8 Å². The summed E-state index contributed by atoms with van der Waals surface area (Å²) in [5, 5.41) is 11.5. The highest BCUT2D eigenvalue weighted by Gasteiger charge is 2.29. The molecule has 0 radical (unpaired) electrons. The third-order valence-electron chi connectivity index (χ3n) is 2.43. The minimum absolute atomic E-state index is 0.121. The van der Waals surface area contributed by atoms with Crippen LogP contribution in [0.1, 0.15) is 5.56 Å². The van der Waals surface area contributed by atoms with Gasteiger partial charge in [0.25, 0.3) is 10.1 Å². The van der Waals surface area contributed by atoms with Crippen molar-refractivity contribution in [2.24, 2.45) is 0 Å². The molecule has 1 aromatic carbocycles. The zero-order valence-corrected chi connectivity index (χ0v) is 11.3. The molecular formula is C11H12N2O3S2. The summed E-state index contributed by atoms with van der Waals surface area (Å²) in [7, 11) is -3.78. The van der Waals surface area contributed by atoms with E-state index >= 15 is 0 Å². The van der Waals surface area contributed by atoms with Crippen LogP contribution in [0.25, 0.3) is 0 Å². The largest absolute Gasteiger partial charge is 0.299 e. The average Bonchev–Trinajstić information content (AvgIpc) is 2.76. The predicted molar refractivity (Wildman–Crippen MR) is 68.2 cm³/mol. The molecule has 0 amide bonds. The molecule has 5 nitrogen and oxygen atoms in total. The molecule has 0 saturated carbocycles. The Labute approximate surface area is 110 Å². The van der Waals surface area contributed by atoms with Gasteiger partial charge < -0.3 is 0 Å². The molecule has 0 aliphatic carbocycles.